The van der Waals surface area contributed by atoms with Gasteiger partial charge in [0.25, 0.3) is 5.91 Å². The van der Waals surface area contributed by atoms with Gasteiger partial charge in [0.15, 0.2) is 0 Å². The van der Waals surface area contributed by atoms with Gasteiger partial charge in [0, 0.05) is 29.7 Å². The van der Waals surface area contributed by atoms with Crippen molar-refractivity contribution < 1.29 is 22.7 Å². The first-order chi connectivity index (χ1) is 20.4. The minimum Gasteiger partial charge on any atom is -0.458 e. The monoisotopic (exact) mass is 619 g/mol. The molecule has 0 fully saturated rings. The molecular formula is C33H34ClN3O5S. The number of benzene rings is 3. The summed E-state index contributed by atoms with van der Waals surface area (Å²) in [5.41, 5.74) is 1.73. The first-order valence-corrected chi connectivity index (χ1v) is 15.5. The van der Waals surface area contributed by atoms with Gasteiger partial charge in [-0.3, -0.25) is 9.78 Å². The number of rotatable bonds is 11. The molecule has 4 aromatic rings. The molecule has 8 nitrogen and oxygen atoms in total. The molecule has 1 unspecified atom stereocenters. The van der Waals surface area contributed by atoms with Gasteiger partial charge in [-0.1, -0.05) is 60.1 Å². The van der Waals surface area contributed by atoms with E-state index >= 15 is 0 Å². The molecule has 10 heteroatoms. The maximum atomic E-state index is 13.6. The Kier molecular flexibility index (Phi) is 10.3. The molecule has 0 radical (unpaired) electrons. The van der Waals surface area contributed by atoms with Crippen molar-refractivity contribution in [2.24, 2.45) is 0 Å². The molecule has 4 rings (SSSR count). The molecule has 1 amide bonds. The second-order valence-corrected chi connectivity index (χ2v) is 13.4. The highest BCUT2D eigenvalue weighted by Crippen LogP contribution is 2.23. The molecule has 3 aromatic carbocycles. The minimum absolute atomic E-state index is 0.0397. The highest BCUT2D eigenvalue weighted by atomic mass is 35.5. The Balaban J connectivity index is 1.53. The normalized spacial score (nSPS) is 12.5. The Morgan fingerprint density at radius 3 is 2.12 bits per heavy atom. The first-order valence-electron chi connectivity index (χ1n) is 13.7. The van der Waals surface area contributed by atoms with Gasteiger partial charge < -0.3 is 10.1 Å². The van der Waals surface area contributed by atoms with Crippen molar-refractivity contribution in [1.82, 2.24) is 14.6 Å². The van der Waals surface area contributed by atoms with Gasteiger partial charge in [-0.25, -0.2) is 13.2 Å². The highest BCUT2D eigenvalue weighted by Gasteiger charge is 2.28. The average molecular weight is 620 g/mol. The van der Waals surface area contributed by atoms with E-state index < -0.39 is 33.5 Å². The molecule has 0 bridgehead atoms. The van der Waals surface area contributed by atoms with Crippen LogP contribution in [0, 0.1) is 0 Å². The van der Waals surface area contributed by atoms with E-state index in [0.29, 0.717) is 21.8 Å². The molecule has 1 atom stereocenters. The average Bonchev–Trinajstić information content (AvgIpc) is 2.97. The van der Waals surface area contributed by atoms with Crippen molar-refractivity contribution in [1.29, 1.82) is 0 Å². The summed E-state index contributed by atoms with van der Waals surface area (Å²) in [5, 5.41) is 3.24. The number of nitrogens with one attached hydrogen (secondary N) is 1. The number of carbonyl (C=O) groups excluding carboxylic acids is 2. The fourth-order valence-corrected chi connectivity index (χ4v) is 5.80. The van der Waals surface area contributed by atoms with Gasteiger partial charge >= 0.3 is 5.97 Å². The molecule has 1 aromatic heterocycles. The lowest BCUT2D eigenvalue weighted by Gasteiger charge is -2.25. The molecule has 0 spiro atoms. The maximum Gasteiger partial charge on any atom is 0.329 e. The van der Waals surface area contributed by atoms with Crippen LogP contribution in [0.3, 0.4) is 0 Å². The van der Waals surface area contributed by atoms with Crippen molar-refractivity contribution in [2.75, 3.05) is 0 Å². The second-order valence-electron chi connectivity index (χ2n) is 11.0. The molecule has 0 aliphatic carbocycles. The maximum absolute atomic E-state index is 13.6. The number of carbonyl (C=O) groups is 2. The van der Waals surface area contributed by atoms with E-state index in [1.165, 1.54) is 28.6 Å². The number of pyridine rings is 1. The van der Waals surface area contributed by atoms with Crippen LogP contribution in [0.1, 0.15) is 48.0 Å². The van der Waals surface area contributed by atoms with Crippen LogP contribution >= 0.6 is 11.6 Å². The summed E-state index contributed by atoms with van der Waals surface area (Å²) in [7, 11) is -3.91. The second kappa shape index (κ2) is 13.9. The van der Waals surface area contributed by atoms with Gasteiger partial charge in [0.2, 0.25) is 10.0 Å². The largest absolute Gasteiger partial charge is 0.458 e. The van der Waals surface area contributed by atoms with Gasteiger partial charge in [-0.2, -0.15) is 4.31 Å². The van der Waals surface area contributed by atoms with E-state index in [1.807, 2.05) is 30.3 Å². The SMILES string of the molecule is CC(C)(C)OC(=O)C(Cc1ccccc1)NC(=O)c1ccc(CN(Cc2ccccn2)S(=O)(=O)c2ccc(Cl)cc2)cc1. The van der Waals surface area contributed by atoms with E-state index in [4.69, 9.17) is 16.3 Å². The van der Waals surface area contributed by atoms with Gasteiger partial charge in [-0.05, 0) is 80.4 Å². The number of nitrogens with zero attached hydrogens (tertiary/aromatic N) is 2. The van der Waals surface area contributed by atoms with Crippen LogP contribution in [0.25, 0.3) is 0 Å². The van der Waals surface area contributed by atoms with E-state index in [9.17, 15) is 18.0 Å². The third kappa shape index (κ3) is 9.22. The molecule has 1 N–H and O–H groups in total. The van der Waals surface area contributed by atoms with E-state index in [0.717, 1.165) is 5.56 Å². The molecule has 0 saturated carbocycles. The summed E-state index contributed by atoms with van der Waals surface area (Å²) in [5.74, 6) is -0.976. The Hall–Kier alpha value is -4.05. The van der Waals surface area contributed by atoms with Crippen molar-refractivity contribution in [3.05, 3.63) is 131 Å². The number of esters is 1. The van der Waals surface area contributed by atoms with Gasteiger partial charge in [0.1, 0.15) is 11.6 Å². The van der Waals surface area contributed by atoms with Crippen LogP contribution in [-0.2, 0) is 39.1 Å². The zero-order valence-electron chi connectivity index (χ0n) is 24.2. The van der Waals surface area contributed by atoms with Crippen molar-refractivity contribution in [3.63, 3.8) is 0 Å². The van der Waals surface area contributed by atoms with Crippen LogP contribution in [0.2, 0.25) is 5.02 Å². The third-order valence-corrected chi connectivity index (χ3v) is 8.43. The Labute approximate surface area is 257 Å². The number of halogens is 1. The highest BCUT2D eigenvalue weighted by molar-refractivity contribution is 7.89. The van der Waals surface area contributed by atoms with Crippen LogP contribution in [0.5, 0.6) is 0 Å². The molecule has 224 valence electrons. The number of hydrogen-bond donors (Lipinski definition) is 1. The zero-order valence-corrected chi connectivity index (χ0v) is 25.8. The molecular weight excluding hydrogens is 586 g/mol. The molecule has 0 aliphatic heterocycles. The van der Waals surface area contributed by atoms with E-state index in [1.54, 1.807) is 69.4 Å². The summed E-state index contributed by atoms with van der Waals surface area (Å²) >= 11 is 5.98. The smallest absolute Gasteiger partial charge is 0.329 e. The fraction of sp³-hybridized carbons (Fsp3) is 0.242. The van der Waals surface area contributed by atoms with Crippen LogP contribution in [-0.4, -0.2) is 41.2 Å². The topological polar surface area (TPSA) is 106 Å². The van der Waals surface area contributed by atoms with Gasteiger partial charge in [0.05, 0.1) is 17.1 Å². The summed E-state index contributed by atoms with van der Waals surface area (Å²) < 4.78 is 34.1. The minimum atomic E-state index is -3.91. The number of amides is 1. The first kappa shape index (κ1) is 31.9. The Morgan fingerprint density at radius 1 is 0.860 bits per heavy atom. The Bertz CT molecular complexity index is 1620. The summed E-state index contributed by atoms with van der Waals surface area (Å²) in [6, 6.07) is 26.4. The predicted octanol–water partition coefficient (Wildman–Crippen LogP) is 5.81. The van der Waals surface area contributed by atoms with Crippen molar-refractivity contribution in [3.8, 4) is 0 Å². The van der Waals surface area contributed by atoms with E-state index in [-0.39, 0.29) is 24.4 Å². The van der Waals surface area contributed by atoms with Crippen LogP contribution in [0.15, 0.2) is 108 Å². The molecule has 0 aliphatic rings. The summed E-state index contributed by atoms with van der Waals surface area (Å²) in [6.45, 7) is 5.41. The van der Waals surface area contributed by atoms with Crippen LogP contribution in [0.4, 0.5) is 0 Å². The van der Waals surface area contributed by atoms with Crippen molar-refractivity contribution >= 4 is 33.5 Å². The number of aromatic nitrogens is 1. The number of ether oxygens (including phenoxy) is 1. The predicted molar refractivity (Wildman–Crippen MR) is 166 cm³/mol. The summed E-state index contributed by atoms with van der Waals surface area (Å²) in [4.78, 5) is 30.6. The third-order valence-electron chi connectivity index (χ3n) is 6.37. The molecule has 1 heterocycles. The fourth-order valence-electron chi connectivity index (χ4n) is 4.28. The Morgan fingerprint density at radius 2 is 1.51 bits per heavy atom. The van der Waals surface area contributed by atoms with Crippen molar-refractivity contribution in [2.45, 2.75) is 56.8 Å². The number of sulfonamides is 1. The lowest BCUT2D eigenvalue weighted by molar-refractivity contribution is -0.157. The quantitative estimate of drug-likeness (QED) is 0.213. The number of hydrogen-bond acceptors (Lipinski definition) is 6. The van der Waals surface area contributed by atoms with E-state index in [2.05, 4.69) is 10.3 Å². The summed E-state index contributed by atoms with van der Waals surface area (Å²) in [6.07, 6.45) is 1.88. The van der Waals surface area contributed by atoms with Gasteiger partial charge in [-0.15, -0.1) is 0 Å². The molecule has 43 heavy (non-hydrogen) atoms. The standard InChI is InChI=1S/C33H34ClN3O5S/c1-33(2,3)42-32(39)30(21-24-9-5-4-6-10-24)36-31(38)26-14-12-25(13-15-26)22-37(23-28-11-7-8-20-35-28)43(40,41)29-18-16-27(34)17-19-29/h4-20,30H,21-23H2,1-3H3,(H,36,38). The van der Waals surface area contributed by atoms with Crippen LogP contribution < -0.4 is 5.32 Å². The molecule has 0 saturated heterocycles. The lowest BCUT2D eigenvalue weighted by Crippen LogP contribution is -2.45. The lowest BCUT2D eigenvalue weighted by atomic mass is 10.0. The zero-order chi connectivity index (χ0) is 31.0.